The number of benzene rings is 1. The van der Waals surface area contributed by atoms with E-state index < -0.39 is 0 Å². The highest BCUT2D eigenvalue weighted by Gasteiger charge is 2.28. The standard InChI is InChI=1S/C16H18N2O/c19-16(18-12-6-7-13-18)15(17-10-4-5-11-17)14-8-2-1-3-9-14/h1-5,8-11,15H,6-7,12-13H2/t15-/m0/s1. The van der Waals surface area contributed by atoms with Crippen LogP contribution in [0.1, 0.15) is 24.4 Å². The number of nitrogens with zero attached hydrogens (tertiary/aromatic N) is 2. The Morgan fingerprint density at radius 1 is 0.947 bits per heavy atom. The lowest BCUT2D eigenvalue weighted by molar-refractivity contribution is -0.132. The number of carbonyl (C=O) groups is 1. The molecule has 1 aromatic heterocycles. The predicted molar refractivity (Wildman–Crippen MR) is 74.8 cm³/mol. The molecule has 3 nitrogen and oxygen atoms in total. The summed E-state index contributed by atoms with van der Waals surface area (Å²) in [4.78, 5) is 14.7. The van der Waals surface area contributed by atoms with E-state index in [1.54, 1.807) is 0 Å². The SMILES string of the molecule is O=C([C@H](c1ccccc1)n1cccc1)N1CCCC1. The summed E-state index contributed by atoms with van der Waals surface area (Å²) in [5, 5.41) is 0. The fraction of sp³-hybridized carbons (Fsp3) is 0.312. The number of hydrogen-bond donors (Lipinski definition) is 0. The first kappa shape index (κ1) is 12.0. The predicted octanol–water partition coefficient (Wildman–Crippen LogP) is 2.70. The van der Waals surface area contributed by atoms with Gasteiger partial charge in [-0.1, -0.05) is 30.3 Å². The van der Waals surface area contributed by atoms with E-state index in [4.69, 9.17) is 0 Å². The number of rotatable bonds is 3. The van der Waals surface area contributed by atoms with Gasteiger partial charge in [-0.05, 0) is 30.5 Å². The second kappa shape index (κ2) is 5.31. The van der Waals surface area contributed by atoms with Gasteiger partial charge in [0.2, 0.25) is 5.91 Å². The van der Waals surface area contributed by atoms with E-state index in [0.717, 1.165) is 31.5 Å². The van der Waals surface area contributed by atoms with Gasteiger partial charge in [0, 0.05) is 25.5 Å². The average molecular weight is 254 g/mol. The summed E-state index contributed by atoms with van der Waals surface area (Å²) in [6.07, 6.45) is 6.18. The normalized spacial score (nSPS) is 16.5. The molecule has 19 heavy (non-hydrogen) atoms. The molecule has 2 aromatic rings. The molecule has 0 aliphatic carbocycles. The van der Waals surface area contributed by atoms with Crippen LogP contribution in [0, 0.1) is 0 Å². The largest absolute Gasteiger partial charge is 0.341 e. The highest BCUT2D eigenvalue weighted by Crippen LogP contribution is 2.23. The molecule has 3 heteroatoms. The van der Waals surface area contributed by atoms with Crippen molar-refractivity contribution >= 4 is 5.91 Å². The Bertz CT molecular complexity index is 527. The van der Waals surface area contributed by atoms with Crippen LogP contribution < -0.4 is 0 Å². The van der Waals surface area contributed by atoms with Crippen molar-refractivity contribution in [3.63, 3.8) is 0 Å². The minimum atomic E-state index is -0.228. The molecule has 1 atom stereocenters. The molecule has 0 bridgehead atoms. The maximum absolute atomic E-state index is 12.7. The molecular formula is C16H18N2O. The maximum Gasteiger partial charge on any atom is 0.250 e. The van der Waals surface area contributed by atoms with Gasteiger partial charge in [0.25, 0.3) is 0 Å². The molecule has 0 radical (unpaired) electrons. The number of carbonyl (C=O) groups excluding carboxylic acids is 1. The van der Waals surface area contributed by atoms with Crippen molar-refractivity contribution in [1.29, 1.82) is 0 Å². The summed E-state index contributed by atoms with van der Waals surface area (Å²) in [6, 6.07) is 13.7. The van der Waals surface area contributed by atoms with Crippen molar-refractivity contribution in [2.24, 2.45) is 0 Å². The van der Waals surface area contributed by atoms with Crippen LogP contribution in [0.15, 0.2) is 54.9 Å². The van der Waals surface area contributed by atoms with Crippen LogP contribution in [0.4, 0.5) is 0 Å². The molecule has 3 rings (SSSR count). The Morgan fingerprint density at radius 2 is 1.58 bits per heavy atom. The minimum Gasteiger partial charge on any atom is -0.341 e. The second-order valence-corrected chi connectivity index (χ2v) is 4.98. The van der Waals surface area contributed by atoms with Crippen molar-refractivity contribution in [3.05, 3.63) is 60.4 Å². The van der Waals surface area contributed by atoms with Crippen LogP contribution >= 0.6 is 0 Å². The quantitative estimate of drug-likeness (QED) is 0.826. The number of likely N-dealkylation sites (tertiary alicyclic amines) is 1. The summed E-state index contributed by atoms with van der Waals surface area (Å²) in [6.45, 7) is 1.78. The van der Waals surface area contributed by atoms with Crippen LogP contribution in [0.3, 0.4) is 0 Å². The van der Waals surface area contributed by atoms with Crippen LogP contribution in [-0.4, -0.2) is 28.5 Å². The average Bonchev–Trinajstić information content (AvgIpc) is 3.13. The fourth-order valence-corrected chi connectivity index (χ4v) is 2.71. The van der Waals surface area contributed by atoms with Gasteiger partial charge in [-0.25, -0.2) is 0 Å². The first-order valence-electron chi connectivity index (χ1n) is 6.82. The second-order valence-electron chi connectivity index (χ2n) is 4.98. The molecule has 0 spiro atoms. The minimum absolute atomic E-state index is 0.208. The number of amides is 1. The highest BCUT2D eigenvalue weighted by atomic mass is 16.2. The third-order valence-electron chi connectivity index (χ3n) is 3.69. The van der Waals surface area contributed by atoms with Crippen molar-refractivity contribution in [3.8, 4) is 0 Å². The third kappa shape index (κ3) is 2.41. The Kier molecular flexibility index (Phi) is 3.36. The van der Waals surface area contributed by atoms with E-state index in [-0.39, 0.29) is 11.9 Å². The Labute approximate surface area is 113 Å². The summed E-state index contributed by atoms with van der Waals surface area (Å²) in [7, 11) is 0. The Balaban J connectivity index is 1.95. The topological polar surface area (TPSA) is 25.2 Å². The molecule has 1 amide bonds. The zero-order chi connectivity index (χ0) is 13.1. The van der Waals surface area contributed by atoms with Gasteiger partial charge in [0.1, 0.15) is 6.04 Å². The lowest BCUT2D eigenvalue weighted by Crippen LogP contribution is -2.35. The molecule has 1 saturated heterocycles. The van der Waals surface area contributed by atoms with Gasteiger partial charge >= 0.3 is 0 Å². The maximum atomic E-state index is 12.7. The molecule has 98 valence electrons. The summed E-state index contributed by atoms with van der Waals surface area (Å²) >= 11 is 0. The number of hydrogen-bond acceptors (Lipinski definition) is 1. The van der Waals surface area contributed by atoms with Crippen LogP contribution in [0.2, 0.25) is 0 Å². The van der Waals surface area contributed by atoms with E-state index in [9.17, 15) is 4.79 Å². The van der Waals surface area contributed by atoms with Gasteiger partial charge in [-0.15, -0.1) is 0 Å². The van der Waals surface area contributed by atoms with Crippen LogP contribution in [0.25, 0.3) is 0 Å². The van der Waals surface area contributed by atoms with Crippen molar-refractivity contribution in [1.82, 2.24) is 9.47 Å². The fourth-order valence-electron chi connectivity index (χ4n) is 2.71. The number of aromatic nitrogens is 1. The lowest BCUT2D eigenvalue weighted by Gasteiger charge is -2.24. The zero-order valence-corrected chi connectivity index (χ0v) is 10.9. The first-order chi connectivity index (χ1) is 9.36. The van der Waals surface area contributed by atoms with Gasteiger partial charge in [0.15, 0.2) is 0 Å². The molecular weight excluding hydrogens is 236 g/mol. The lowest BCUT2D eigenvalue weighted by atomic mass is 10.1. The molecule has 2 heterocycles. The zero-order valence-electron chi connectivity index (χ0n) is 10.9. The third-order valence-corrected chi connectivity index (χ3v) is 3.69. The molecule has 0 saturated carbocycles. The van der Waals surface area contributed by atoms with Gasteiger partial charge in [-0.3, -0.25) is 4.79 Å². The highest BCUT2D eigenvalue weighted by molar-refractivity contribution is 5.84. The molecule has 1 aliphatic heterocycles. The van der Waals surface area contributed by atoms with Gasteiger partial charge in [-0.2, -0.15) is 0 Å². The van der Waals surface area contributed by atoms with E-state index in [2.05, 4.69) is 0 Å². The monoisotopic (exact) mass is 254 g/mol. The van der Waals surface area contributed by atoms with Crippen LogP contribution in [0.5, 0.6) is 0 Å². The van der Waals surface area contributed by atoms with Crippen molar-refractivity contribution < 1.29 is 4.79 Å². The summed E-state index contributed by atoms with van der Waals surface area (Å²) < 4.78 is 2.00. The van der Waals surface area contributed by atoms with Crippen LogP contribution in [-0.2, 0) is 4.79 Å². The van der Waals surface area contributed by atoms with E-state index in [0.29, 0.717) is 0 Å². The Hall–Kier alpha value is -2.03. The molecule has 0 N–H and O–H groups in total. The van der Waals surface area contributed by atoms with E-state index in [1.807, 2.05) is 64.3 Å². The Morgan fingerprint density at radius 3 is 2.21 bits per heavy atom. The molecule has 1 aliphatic rings. The smallest absolute Gasteiger partial charge is 0.250 e. The van der Waals surface area contributed by atoms with E-state index in [1.165, 1.54) is 0 Å². The summed E-state index contributed by atoms with van der Waals surface area (Å²) in [5.74, 6) is 0.208. The van der Waals surface area contributed by atoms with Gasteiger partial charge in [0.05, 0.1) is 0 Å². The van der Waals surface area contributed by atoms with Gasteiger partial charge < -0.3 is 9.47 Å². The molecule has 1 fully saturated rings. The molecule has 0 unspecified atom stereocenters. The summed E-state index contributed by atoms with van der Waals surface area (Å²) in [5.41, 5.74) is 1.05. The van der Waals surface area contributed by atoms with Crippen molar-refractivity contribution in [2.75, 3.05) is 13.1 Å². The molecule has 1 aromatic carbocycles. The van der Waals surface area contributed by atoms with E-state index >= 15 is 0 Å². The van der Waals surface area contributed by atoms with Crippen molar-refractivity contribution in [2.45, 2.75) is 18.9 Å². The first-order valence-corrected chi connectivity index (χ1v) is 6.82.